The maximum atomic E-state index is 10.9. The third-order valence-electron chi connectivity index (χ3n) is 1.94. The van der Waals surface area contributed by atoms with Crippen LogP contribution in [0.2, 0.25) is 0 Å². The van der Waals surface area contributed by atoms with Gasteiger partial charge in [-0.05, 0) is 17.6 Å². The fraction of sp³-hybridized carbons (Fsp3) is 0.125. The molecule has 2 rings (SSSR count). The average molecular weight is 193 g/mol. The van der Waals surface area contributed by atoms with Crippen LogP contribution in [0.25, 0.3) is 0 Å². The molecule has 1 aromatic rings. The standard InChI is InChI=1S/C8H8BNO4/c11-8-4-14-7-3-5(9(12)13)1-2-6(7)10-8/h1-3,12-13H,4H2,(H,10,11). The van der Waals surface area contributed by atoms with Crippen molar-refractivity contribution in [3.63, 3.8) is 0 Å². The number of rotatable bonds is 1. The number of benzene rings is 1. The number of carbonyl (C=O) groups excluding carboxylic acids is 1. The number of ether oxygens (including phenoxy) is 1. The number of hydrogen-bond donors (Lipinski definition) is 3. The zero-order valence-corrected chi connectivity index (χ0v) is 7.23. The van der Waals surface area contributed by atoms with E-state index in [1.165, 1.54) is 12.1 Å². The average Bonchev–Trinajstić information content (AvgIpc) is 2.16. The number of carbonyl (C=O) groups is 1. The molecule has 3 N–H and O–H groups in total. The number of amides is 1. The molecule has 1 aliphatic rings. The molecule has 1 aromatic carbocycles. The van der Waals surface area contributed by atoms with Crippen molar-refractivity contribution in [3.05, 3.63) is 18.2 Å². The van der Waals surface area contributed by atoms with E-state index in [0.29, 0.717) is 16.9 Å². The lowest BCUT2D eigenvalue weighted by Gasteiger charge is -2.18. The van der Waals surface area contributed by atoms with Crippen LogP contribution in [0.5, 0.6) is 5.75 Å². The summed E-state index contributed by atoms with van der Waals surface area (Å²) >= 11 is 0. The van der Waals surface area contributed by atoms with E-state index in [0.717, 1.165) is 0 Å². The Balaban J connectivity index is 2.36. The van der Waals surface area contributed by atoms with Crippen molar-refractivity contribution in [2.45, 2.75) is 0 Å². The molecule has 0 bridgehead atoms. The first-order valence-electron chi connectivity index (χ1n) is 4.09. The summed E-state index contributed by atoms with van der Waals surface area (Å²) in [5.74, 6) is 0.241. The van der Waals surface area contributed by atoms with Gasteiger partial charge in [-0.2, -0.15) is 0 Å². The lowest BCUT2D eigenvalue weighted by Crippen LogP contribution is -2.32. The first-order valence-corrected chi connectivity index (χ1v) is 4.09. The van der Waals surface area contributed by atoms with Crippen LogP contribution in [0.15, 0.2) is 18.2 Å². The number of hydrogen-bond acceptors (Lipinski definition) is 4. The quantitative estimate of drug-likeness (QED) is 0.484. The van der Waals surface area contributed by atoms with Crippen LogP contribution in [0.1, 0.15) is 0 Å². The van der Waals surface area contributed by atoms with E-state index in [4.69, 9.17) is 14.8 Å². The second-order valence-corrected chi connectivity index (χ2v) is 2.97. The summed E-state index contributed by atoms with van der Waals surface area (Å²) < 4.78 is 5.09. The van der Waals surface area contributed by atoms with E-state index in [9.17, 15) is 4.79 Å². The number of anilines is 1. The van der Waals surface area contributed by atoms with Crippen LogP contribution >= 0.6 is 0 Å². The topological polar surface area (TPSA) is 78.8 Å². The van der Waals surface area contributed by atoms with Crippen LogP contribution in [-0.4, -0.2) is 29.7 Å². The molecule has 0 aromatic heterocycles. The lowest BCUT2D eigenvalue weighted by molar-refractivity contribution is -0.118. The normalized spacial score (nSPS) is 14.0. The van der Waals surface area contributed by atoms with Crippen LogP contribution in [0.3, 0.4) is 0 Å². The molecule has 6 heteroatoms. The van der Waals surface area contributed by atoms with Crippen molar-refractivity contribution >= 4 is 24.2 Å². The van der Waals surface area contributed by atoms with Crippen LogP contribution in [0.4, 0.5) is 5.69 Å². The summed E-state index contributed by atoms with van der Waals surface area (Å²) in [5.41, 5.74) is 0.880. The first kappa shape index (κ1) is 9.05. The summed E-state index contributed by atoms with van der Waals surface area (Å²) in [5, 5.41) is 20.4. The minimum absolute atomic E-state index is 0.0437. The van der Waals surface area contributed by atoms with Crippen molar-refractivity contribution in [1.82, 2.24) is 0 Å². The Labute approximate surface area is 80.5 Å². The predicted octanol–water partition coefficient (Wildman–Crippen LogP) is -1.30. The highest BCUT2D eigenvalue weighted by atomic mass is 16.5. The maximum Gasteiger partial charge on any atom is 0.488 e. The molecule has 0 fully saturated rings. The maximum absolute atomic E-state index is 10.9. The number of nitrogens with one attached hydrogen (secondary N) is 1. The van der Waals surface area contributed by atoms with Crippen LogP contribution in [-0.2, 0) is 4.79 Å². The lowest BCUT2D eigenvalue weighted by atomic mass is 9.80. The van der Waals surface area contributed by atoms with Gasteiger partial charge in [-0.25, -0.2) is 0 Å². The van der Waals surface area contributed by atoms with E-state index < -0.39 is 7.12 Å². The van der Waals surface area contributed by atoms with Crippen molar-refractivity contribution < 1.29 is 19.6 Å². The van der Waals surface area contributed by atoms with E-state index >= 15 is 0 Å². The van der Waals surface area contributed by atoms with Gasteiger partial charge in [0.1, 0.15) is 5.75 Å². The third-order valence-corrected chi connectivity index (χ3v) is 1.94. The van der Waals surface area contributed by atoms with Gasteiger partial charge in [0, 0.05) is 0 Å². The van der Waals surface area contributed by atoms with Gasteiger partial charge in [-0.1, -0.05) is 6.07 Å². The molecule has 0 atom stereocenters. The van der Waals surface area contributed by atoms with Gasteiger partial charge in [0.15, 0.2) is 6.61 Å². The van der Waals surface area contributed by atoms with Crippen LogP contribution < -0.4 is 15.5 Å². The van der Waals surface area contributed by atoms with Crippen molar-refractivity contribution in [2.75, 3.05) is 11.9 Å². The highest BCUT2D eigenvalue weighted by Crippen LogP contribution is 2.25. The largest absolute Gasteiger partial charge is 0.488 e. The molecule has 0 aliphatic carbocycles. The molecule has 1 heterocycles. The minimum Gasteiger partial charge on any atom is -0.482 e. The van der Waals surface area contributed by atoms with Crippen molar-refractivity contribution in [2.24, 2.45) is 0 Å². The zero-order chi connectivity index (χ0) is 10.1. The highest BCUT2D eigenvalue weighted by Gasteiger charge is 2.19. The summed E-state index contributed by atoms with van der Waals surface area (Å²) in [7, 11) is -1.53. The summed E-state index contributed by atoms with van der Waals surface area (Å²) in [6.07, 6.45) is 0. The third kappa shape index (κ3) is 1.57. The fourth-order valence-electron chi connectivity index (χ4n) is 1.25. The molecular weight excluding hydrogens is 185 g/mol. The molecule has 0 saturated carbocycles. The molecule has 0 saturated heterocycles. The van der Waals surface area contributed by atoms with Gasteiger partial charge in [0.05, 0.1) is 5.69 Å². The Kier molecular flexibility index (Phi) is 2.15. The summed E-state index contributed by atoms with van der Waals surface area (Å²) in [4.78, 5) is 10.9. The fourth-order valence-corrected chi connectivity index (χ4v) is 1.25. The Morgan fingerprint density at radius 3 is 2.93 bits per heavy atom. The molecule has 0 radical (unpaired) electrons. The highest BCUT2D eigenvalue weighted by molar-refractivity contribution is 6.58. The molecule has 5 nitrogen and oxygen atoms in total. The van der Waals surface area contributed by atoms with Crippen LogP contribution in [0, 0.1) is 0 Å². The number of fused-ring (bicyclic) bond motifs is 1. The van der Waals surface area contributed by atoms with Gasteiger partial charge in [-0.15, -0.1) is 0 Å². The van der Waals surface area contributed by atoms with Gasteiger partial charge in [0.25, 0.3) is 5.91 Å². The Hall–Kier alpha value is -1.53. The second-order valence-electron chi connectivity index (χ2n) is 2.97. The van der Waals surface area contributed by atoms with E-state index in [2.05, 4.69) is 5.32 Å². The Morgan fingerprint density at radius 2 is 2.21 bits per heavy atom. The Morgan fingerprint density at radius 1 is 1.43 bits per heavy atom. The molecule has 1 aliphatic heterocycles. The summed E-state index contributed by atoms with van der Waals surface area (Å²) in [6.45, 7) is -0.0437. The molecular formula is C8H8BNO4. The zero-order valence-electron chi connectivity index (χ0n) is 7.23. The van der Waals surface area contributed by atoms with Gasteiger partial charge >= 0.3 is 7.12 Å². The second kappa shape index (κ2) is 3.32. The smallest absolute Gasteiger partial charge is 0.482 e. The van der Waals surface area contributed by atoms with Gasteiger partial charge < -0.3 is 20.1 Å². The molecule has 0 unspecified atom stereocenters. The van der Waals surface area contributed by atoms with Gasteiger partial charge in [-0.3, -0.25) is 4.79 Å². The minimum atomic E-state index is -1.53. The van der Waals surface area contributed by atoms with E-state index in [1.54, 1.807) is 6.07 Å². The first-order chi connectivity index (χ1) is 6.66. The Bertz CT molecular complexity index is 380. The van der Waals surface area contributed by atoms with Crippen molar-refractivity contribution in [3.8, 4) is 5.75 Å². The SMILES string of the molecule is O=C1COc2cc(B(O)O)ccc2N1. The monoisotopic (exact) mass is 193 g/mol. The van der Waals surface area contributed by atoms with E-state index in [-0.39, 0.29) is 12.5 Å². The van der Waals surface area contributed by atoms with Crippen molar-refractivity contribution in [1.29, 1.82) is 0 Å². The molecule has 72 valence electrons. The molecule has 0 spiro atoms. The molecule has 1 amide bonds. The van der Waals surface area contributed by atoms with Gasteiger partial charge in [0.2, 0.25) is 0 Å². The summed E-state index contributed by atoms with van der Waals surface area (Å²) in [6, 6.07) is 4.57. The predicted molar refractivity (Wildman–Crippen MR) is 50.4 cm³/mol. The van der Waals surface area contributed by atoms with E-state index in [1.807, 2.05) is 0 Å². The molecule has 14 heavy (non-hydrogen) atoms.